The van der Waals surface area contributed by atoms with Crippen molar-refractivity contribution >= 4 is 21.7 Å². The van der Waals surface area contributed by atoms with Crippen LogP contribution in [0.5, 0.6) is 0 Å². The van der Waals surface area contributed by atoms with Gasteiger partial charge in [-0.15, -0.1) is 10.2 Å². The van der Waals surface area contributed by atoms with Crippen molar-refractivity contribution in [3.63, 3.8) is 0 Å². The van der Waals surface area contributed by atoms with E-state index in [1.54, 1.807) is 0 Å². The van der Waals surface area contributed by atoms with Crippen molar-refractivity contribution in [3.05, 3.63) is 16.7 Å². The molecule has 0 aromatic carbocycles. The molecule has 1 aliphatic carbocycles. The van der Waals surface area contributed by atoms with E-state index in [1.807, 2.05) is 12.1 Å². The van der Waals surface area contributed by atoms with Gasteiger partial charge in [0, 0.05) is 12.6 Å². The highest BCUT2D eigenvalue weighted by molar-refractivity contribution is 9.10. The van der Waals surface area contributed by atoms with E-state index in [0.717, 1.165) is 28.8 Å². The van der Waals surface area contributed by atoms with E-state index in [9.17, 15) is 0 Å². The highest BCUT2D eigenvalue weighted by atomic mass is 79.9. The molecule has 2 aliphatic rings. The maximum absolute atomic E-state index is 4.13. The Morgan fingerprint density at radius 2 is 2.19 bits per heavy atom. The topological polar surface area (TPSA) is 49.8 Å². The van der Waals surface area contributed by atoms with Gasteiger partial charge < -0.3 is 10.6 Å². The van der Waals surface area contributed by atoms with Gasteiger partial charge in [-0.05, 0) is 59.3 Å². The van der Waals surface area contributed by atoms with Gasteiger partial charge in [-0.1, -0.05) is 0 Å². The van der Waals surface area contributed by atoms with E-state index < -0.39 is 0 Å². The Morgan fingerprint density at radius 1 is 1.25 bits per heavy atom. The number of hydrogen-bond donors (Lipinski definition) is 2. The molecule has 1 aliphatic heterocycles. The van der Waals surface area contributed by atoms with E-state index >= 15 is 0 Å². The molecule has 3 atom stereocenters. The maximum atomic E-state index is 4.13. The SMILES string of the molecule is Brc1ccc(NC2CCC3CNCC32)nn1. The fourth-order valence-corrected chi connectivity index (χ4v) is 3.12. The zero-order chi connectivity index (χ0) is 11.0. The van der Waals surface area contributed by atoms with Crippen LogP contribution in [0, 0.1) is 11.8 Å². The molecule has 1 saturated carbocycles. The molecule has 1 saturated heterocycles. The van der Waals surface area contributed by atoms with Crippen LogP contribution in [-0.4, -0.2) is 29.3 Å². The number of aromatic nitrogens is 2. The lowest BCUT2D eigenvalue weighted by Crippen LogP contribution is -2.28. The Hall–Kier alpha value is -0.680. The first-order chi connectivity index (χ1) is 7.83. The molecule has 0 spiro atoms. The molecule has 2 fully saturated rings. The first-order valence-corrected chi connectivity index (χ1v) is 6.59. The Bertz CT molecular complexity index is 367. The van der Waals surface area contributed by atoms with Gasteiger partial charge in [0.15, 0.2) is 0 Å². The van der Waals surface area contributed by atoms with Gasteiger partial charge >= 0.3 is 0 Å². The second kappa shape index (κ2) is 4.30. The molecule has 0 amide bonds. The number of halogens is 1. The molecular formula is C11H15BrN4. The summed E-state index contributed by atoms with van der Waals surface area (Å²) in [5.74, 6) is 2.52. The van der Waals surface area contributed by atoms with Gasteiger partial charge in [0.1, 0.15) is 10.4 Å². The minimum absolute atomic E-state index is 0.565. The van der Waals surface area contributed by atoms with Crippen LogP contribution in [0.3, 0.4) is 0 Å². The van der Waals surface area contributed by atoms with Crippen LogP contribution < -0.4 is 10.6 Å². The number of hydrogen-bond acceptors (Lipinski definition) is 4. The number of anilines is 1. The molecule has 86 valence electrons. The molecule has 2 N–H and O–H groups in total. The first kappa shape index (κ1) is 10.5. The Morgan fingerprint density at radius 3 is 3.00 bits per heavy atom. The van der Waals surface area contributed by atoms with Gasteiger partial charge in [-0.25, -0.2) is 0 Å². The van der Waals surface area contributed by atoms with Crippen molar-refractivity contribution in [1.82, 2.24) is 15.5 Å². The molecule has 0 radical (unpaired) electrons. The average Bonchev–Trinajstić information content (AvgIpc) is 2.86. The van der Waals surface area contributed by atoms with Gasteiger partial charge in [0.05, 0.1) is 0 Å². The number of nitrogens with one attached hydrogen (secondary N) is 2. The van der Waals surface area contributed by atoms with Crippen LogP contribution >= 0.6 is 15.9 Å². The van der Waals surface area contributed by atoms with Gasteiger partial charge in [-0.3, -0.25) is 0 Å². The summed E-state index contributed by atoms with van der Waals surface area (Å²) in [5.41, 5.74) is 0. The summed E-state index contributed by atoms with van der Waals surface area (Å²) in [7, 11) is 0. The van der Waals surface area contributed by atoms with E-state index in [0.29, 0.717) is 6.04 Å². The van der Waals surface area contributed by atoms with Gasteiger partial charge in [-0.2, -0.15) is 0 Å². The van der Waals surface area contributed by atoms with Crippen molar-refractivity contribution < 1.29 is 0 Å². The smallest absolute Gasteiger partial charge is 0.148 e. The van der Waals surface area contributed by atoms with E-state index in [2.05, 4.69) is 36.8 Å². The normalized spacial score (nSPS) is 32.7. The molecule has 3 rings (SSSR count). The van der Waals surface area contributed by atoms with Crippen molar-refractivity contribution in [2.75, 3.05) is 18.4 Å². The predicted octanol–water partition coefficient (Wildman–Crippen LogP) is 1.65. The zero-order valence-corrected chi connectivity index (χ0v) is 10.6. The molecule has 16 heavy (non-hydrogen) atoms. The van der Waals surface area contributed by atoms with Crippen LogP contribution in [0.4, 0.5) is 5.82 Å². The summed E-state index contributed by atoms with van der Waals surface area (Å²) in [4.78, 5) is 0. The van der Waals surface area contributed by atoms with Crippen LogP contribution in [-0.2, 0) is 0 Å². The second-order valence-electron chi connectivity index (χ2n) is 4.65. The van der Waals surface area contributed by atoms with Crippen molar-refractivity contribution in [2.45, 2.75) is 18.9 Å². The second-order valence-corrected chi connectivity index (χ2v) is 5.46. The summed E-state index contributed by atoms with van der Waals surface area (Å²) in [5, 5.41) is 15.1. The predicted molar refractivity (Wildman–Crippen MR) is 66.2 cm³/mol. The van der Waals surface area contributed by atoms with Crippen LogP contribution in [0.1, 0.15) is 12.8 Å². The third kappa shape index (κ3) is 1.94. The third-order valence-corrected chi connectivity index (χ3v) is 4.15. The number of rotatable bonds is 2. The van der Waals surface area contributed by atoms with Crippen molar-refractivity contribution in [3.8, 4) is 0 Å². The summed E-state index contributed by atoms with van der Waals surface area (Å²) in [6.45, 7) is 2.33. The van der Waals surface area contributed by atoms with Gasteiger partial charge in [0.25, 0.3) is 0 Å². The van der Waals surface area contributed by atoms with Crippen LogP contribution in [0.2, 0.25) is 0 Å². The van der Waals surface area contributed by atoms with Crippen LogP contribution in [0.25, 0.3) is 0 Å². The highest BCUT2D eigenvalue weighted by Crippen LogP contribution is 2.35. The first-order valence-electron chi connectivity index (χ1n) is 5.79. The monoisotopic (exact) mass is 282 g/mol. The third-order valence-electron chi connectivity index (χ3n) is 3.72. The van der Waals surface area contributed by atoms with Gasteiger partial charge in [0.2, 0.25) is 0 Å². The summed E-state index contributed by atoms with van der Waals surface area (Å²) >= 11 is 3.29. The lowest BCUT2D eigenvalue weighted by molar-refractivity contribution is 0.468. The van der Waals surface area contributed by atoms with Crippen molar-refractivity contribution in [2.24, 2.45) is 11.8 Å². The lowest BCUT2D eigenvalue weighted by atomic mass is 9.98. The number of fused-ring (bicyclic) bond motifs is 1. The molecule has 3 unspecified atom stereocenters. The lowest BCUT2D eigenvalue weighted by Gasteiger charge is -2.19. The Balaban J connectivity index is 1.68. The minimum atomic E-state index is 0.565. The number of nitrogens with zero attached hydrogens (tertiary/aromatic N) is 2. The molecule has 2 heterocycles. The van der Waals surface area contributed by atoms with Crippen molar-refractivity contribution in [1.29, 1.82) is 0 Å². The fourth-order valence-electron chi connectivity index (χ4n) is 2.91. The quantitative estimate of drug-likeness (QED) is 0.866. The highest BCUT2D eigenvalue weighted by Gasteiger charge is 2.39. The summed E-state index contributed by atoms with van der Waals surface area (Å²) < 4.78 is 0.782. The molecular weight excluding hydrogens is 268 g/mol. The molecule has 1 aromatic rings. The molecule has 1 aromatic heterocycles. The van der Waals surface area contributed by atoms with E-state index in [1.165, 1.54) is 19.4 Å². The van der Waals surface area contributed by atoms with E-state index in [4.69, 9.17) is 0 Å². The van der Waals surface area contributed by atoms with E-state index in [-0.39, 0.29) is 0 Å². The standard InChI is InChI=1S/C11H15BrN4/c12-10-3-4-11(16-15-10)14-9-2-1-7-5-13-6-8(7)9/h3-4,7-9,13H,1-2,5-6H2,(H,14,16). The van der Waals surface area contributed by atoms with Crippen LogP contribution in [0.15, 0.2) is 16.7 Å². The summed E-state index contributed by atoms with van der Waals surface area (Å²) in [6, 6.07) is 4.47. The maximum Gasteiger partial charge on any atom is 0.148 e. The minimum Gasteiger partial charge on any atom is -0.366 e. The summed E-state index contributed by atoms with van der Waals surface area (Å²) in [6.07, 6.45) is 2.59. The zero-order valence-electron chi connectivity index (χ0n) is 8.99. The molecule has 5 heteroatoms. The average molecular weight is 283 g/mol. The largest absolute Gasteiger partial charge is 0.366 e. The molecule has 0 bridgehead atoms. The Labute approximate surface area is 103 Å². The fraction of sp³-hybridized carbons (Fsp3) is 0.636. The Kier molecular flexibility index (Phi) is 2.81. The molecule has 4 nitrogen and oxygen atoms in total.